The van der Waals surface area contributed by atoms with Crippen LogP contribution in [0, 0.1) is 0 Å². The average Bonchev–Trinajstić information content (AvgIpc) is 2.55. The van der Waals surface area contributed by atoms with E-state index in [-0.39, 0.29) is 18.0 Å². The van der Waals surface area contributed by atoms with Crippen molar-refractivity contribution in [2.75, 3.05) is 25.5 Å². The number of rotatable bonds is 3. The van der Waals surface area contributed by atoms with E-state index in [1.165, 1.54) is 14.0 Å². The van der Waals surface area contributed by atoms with Gasteiger partial charge in [0.05, 0.1) is 12.7 Å². The lowest BCUT2D eigenvalue weighted by atomic mass is 10.1. The van der Waals surface area contributed by atoms with Gasteiger partial charge < -0.3 is 20.3 Å². The van der Waals surface area contributed by atoms with Crippen LogP contribution in [0.1, 0.15) is 30.1 Å². The van der Waals surface area contributed by atoms with Gasteiger partial charge in [-0.15, -0.1) is 0 Å². The number of nitrogens with one attached hydrogen (secondary N) is 2. The monoisotopic (exact) mass is 319 g/mol. The maximum Gasteiger partial charge on any atom is 0.337 e. The SMILES string of the molecule is COC(=O)c1ccc(NC(=O)N2CCC(NC(C)=O)CC2)cc1. The molecule has 1 aromatic carbocycles. The van der Waals surface area contributed by atoms with Crippen LogP contribution in [0.5, 0.6) is 0 Å². The Balaban J connectivity index is 1.85. The molecular formula is C16H21N3O4. The second kappa shape index (κ2) is 7.62. The molecular weight excluding hydrogens is 298 g/mol. The number of amides is 3. The maximum atomic E-state index is 12.2. The van der Waals surface area contributed by atoms with Crippen LogP contribution in [-0.2, 0) is 9.53 Å². The van der Waals surface area contributed by atoms with E-state index >= 15 is 0 Å². The third kappa shape index (κ3) is 4.70. The van der Waals surface area contributed by atoms with E-state index in [0.29, 0.717) is 24.3 Å². The number of piperidine rings is 1. The minimum Gasteiger partial charge on any atom is -0.465 e. The van der Waals surface area contributed by atoms with Gasteiger partial charge in [0, 0.05) is 31.7 Å². The van der Waals surface area contributed by atoms with Crippen molar-refractivity contribution in [3.63, 3.8) is 0 Å². The van der Waals surface area contributed by atoms with E-state index in [2.05, 4.69) is 15.4 Å². The van der Waals surface area contributed by atoms with Crippen molar-refractivity contribution in [2.24, 2.45) is 0 Å². The van der Waals surface area contributed by atoms with E-state index in [0.717, 1.165) is 12.8 Å². The van der Waals surface area contributed by atoms with Crippen molar-refractivity contribution in [2.45, 2.75) is 25.8 Å². The zero-order valence-corrected chi connectivity index (χ0v) is 13.3. The fourth-order valence-corrected chi connectivity index (χ4v) is 2.52. The number of benzene rings is 1. The summed E-state index contributed by atoms with van der Waals surface area (Å²) in [6.45, 7) is 2.69. The number of hydrogen-bond donors (Lipinski definition) is 2. The molecule has 1 aliphatic heterocycles. The van der Waals surface area contributed by atoms with Gasteiger partial charge in [0.15, 0.2) is 0 Å². The maximum absolute atomic E-state index is 12.2. The first-order valence-corrected chi connectivity index (χ1v) is 7.51. The number of esters is 1. The lowest BCUT2D eigenvalue weighted by Gasteiger charge is -2.32. The van der Waals surface area contributed by atoms with Crippen molar-refractivity contribution < 1.29 is 19.1 Å². The third-order valence-corrected chi connectivity index (χ3v) is 3.75. The Labute approximate surface area is 135 Å². The van der Waals surface area contributed by atoms with Crippen LogP contribution in [0.15, 0.2) is 24.3 Å². The standard InChI is InChI=1S/C16H21N3O4/c1-11(20)17-14-7-9-19(10-8-14)16(22)18-13-5-3-12(4-6-13)15(21)23-2/h3-6,14H,7-10H2,1-2H3,(H,17,20)(H,18,22). The zero-order chi connectivity index (χ0) is 16.8. The van der Waals surface area contributed by atoms with Gasteiger partial charge in [0.2, 0.25) is 5.91 Å². The van der Waals surface area contributed by atoms with Gasteiger partial charge in [0.25, 0.3) is 0 Å². The van der Waals surface area contributed by atoms with Gasteiger partial charge in [-0.2, -0.15) is 0 Å². The summed E-state index contributed by atoms with van der Waals surface area (Å²) in [5.74, 6) is -0.457. The van der Waals surface area contributed by atoms with Gasteiger partial charge in [0.1, 0.15) is 0 Å². The number of hydrogen-bond acceptors (Lipinski definition) is 4. The number of ether oxygens (including phenoxy) is 1. The van der Waals surface area contributed by atoms with Gasteiger partial charge >= 0.3 is 12.0 Å². The summed E-state index contributed by atoms with van der Waals surface area (Å²) in [5, 5.41) is 5.67. The van der Waals surface area contributed by atoms with E-state index in [1.807, 2.05) is 0 Å². The molecule has 124 valence electrons. The molecule has 1 fully saturated rings. The molecule has 0 saturated carbocycles. The second-order valence-electron chi connectivity index (χ2n) is 5.46. The van der Waals surface area contributed by atoms with E-state index in [4.69, 9.17) is 0 Å². The molecule has 1 saturated heterocycles. The highest BCUT2D eigenvalue weighted by Gasteiger charge is 2.23. The Morgan fingerprint density at radius 3 is 2.26 bits per heavy atom. The number of methoxy groups -OCH3 is 1. The highest BCUT2D eigenvalue weighted by atomic mass is 16.5. The average molecular weight is 319 g/mol. The zero-order valence-electron chi connectivity index (χ0n) is 13.3. The smallest absolute Gasteiger partial charge is 0.337 e. The first kappa shape index (κ1) is 16.8. The Hall–Kier alpha value is -2.57. The highest BCUT2D eigenvalue weighted by Crippen LogP contribution is 2.14. The number of urea groups is 1. The fraction of sp³-hybridized carbons (Fsp3) is 0.438. The van der Waals surface area contributed by atoms with Crippen molar-refractivity contribution in [1.29, 1.82) is 0 Å². The number of carbonyl (C=O) groups excluding carboxylic acids is 3. The quantitative estimate of drug-likeness (QED) is 0.829. The van der Waals surface area contributed by atoms with Crippen molar-refractivity contribution in [3.8, 4) is 0 Å². The number of nitrogens with zero attached hydrogens (tertiary/aromatic N) is 1. The Morgan fingerprint density at radius 2 is 1.74 bits per heavy atom. The van der Waals surface area contributed by atoms with Crippen LogP contribution in [-0.4, -0.2) is 49.0 Å². The molecule has 1 heterocycles. The topological polar surface area (TPSA) is 87.7 Å². The molecule has 0 spiro atoms. The molecule has 7 nitrogen and oxygen atoms in total. The molecule has 1 aliphatic rings. The largest absolute Gasteiger partial charge is 0.465 e. The minimum absolute atomic E-state index is 0.0430. The van der Waals surface area contributed by atoms with E-state index in [1.54, 1.807) is 29.2 Å². The summed E-state index contributed by atoms with van der Waals surface area (Å²) < 4.78 is 4.63. The molecule has 3 amide bonds. The molecule has 0 aromatic heterocycles. The van der Waals surface area contributed by atoms with Crippen molar-refractivity contribution >= 4 is 23.6 Å². The number of likely N-dealkylation sites (tertiary alicyclic amines) is 1. The Kier molecular flexibility index (Phi) is 5.56. The first-order valence-electron chi connectivity index (χ1n) is 7.51. The third-order valence-electron chi connectivity index (χ3n) is 3.75. The summed E-state index contributed by atoms with van der Waals surface area (Å²) in [4.78, 5) is 36.3. The fourth-order valence-electron chi connectivity index (χ4n) is 2.52. The molecule has 0 aliphatic carbocycles. The summed E-state index contributed by atoms with van der Waals surface area (Å²) in [6, 6.07) is 6.48. The van der Waals surface area contributed by atoms with Crippen LogP contribution in [0.2, 0.25) is 0 Å². The van der Waals surface area contributed by atoms with Gasteiger partial charge in [-0.1, -0.05) is 0 Å². The van der Waals surface area contributed by atoms with Crippen LogP contribution in [0.3, 0.4) is 0 Å². The molecule has 2 N–H and O–H groups in total. The second-order valence-corrected chi connectivity index (χ2v) is 5.46. The van der Waals surface area contributed by atoms with Crippen LogP contribution >= 0.6 is 0 Å². The van der Waals surface area contributed by atoms with Gasteiger partial charge in [-0.3, -0.25) is 4.79 Å². The van der Waals surface area contributed by atoms with Crippen molar-refractivity contribution in [3.05, 3.63) is 29.8 Å². The van der Waals surface area contributed by atoms with E-state index in [9.17, 15) is 14.4 Å². The van der Waals surface area contributed by atoms with Crippen LogP contribution in [0.4, 0.5) is 10.5 Å². The molecule has 0 atom stereocenters. The molecule has 2 rings (SSSR count). The molecule has 1 aromatic rings. The van der Waals surface area contributed by atoms with Crippen LogP contribution in [0.25, 0.3) is 0 Å². The van der Waals surface area contributed by atoms with Gasteiger partial charge in [-0.25, -0.2) is 9.59 Å². The predicted octanol–water partition coefficient (Wildman–Crippen LogP) is 1.61. The predicted molar refractivity (Wildman–Crippen MR) is 85.2 cm³/mol. The number of anilines is 1. The molecule has 0 radical (unpaired) electrons. The molecule has 0 unspecified atom stereocenters. The van der Waals surface area contributed by atoms with E-state index < -0.39 is 5.97 Å². The lowest BCUT2D eigenvalue weighted by molar-refractivity contribution is -0.119. The normalized spacial score (nSPS) is 15.0. The summed E-state index contributed by atoms with van der Waals surface area (Å²) in [6.07, 6.45) is 1.49. The highest BCUT2D eigenvalue weighted by molar-refractivity contribution is 5.92. The summed E-state index contributed by atoms with van der Waals surface area (Å²) in [7, 11) is 1.32. The molecule has 23 heavy (non-hydrogen) atoms. The first-order chi connectivity index (χ1) is 11.0. The van der Waals surface area contributed by atoms with Crippen molar-refractivity contribution in [1.82, 2.24) is 10.2 Å². The summed E-state index contributed by atoms with van der Waals surface area (Å²) in [5.41, 5.74) is 1.05. The Morgan fingerprint density at radius 1 is 1.13 bits per heavy atom. The summed E-state index contributed by atoms with van der Waals surface area (Å²) >= 11 is 0. The minimum atomic E-state index is -0.414. The van der Waals surface area contributed by atoms with Crippen LogP contribution < -0.4 is 10.6 Å². The lowest BCUT2D eigenvalue weighted by Crippen LogP contribution is -2.47. The molecule has 7 heteroatoms. The molecule has 0 bridgehead atoms. The Bertz CT molecular complexity index is 577. The number of carbonyl (C=O) groups is 3. The van der Waals surface area contributed by atoms with Gasteiger partial charge in [-0.05, 0) is 37.1 Å².